The van der Waals surface area contributed by atoms with Gasteiger partial charge in [0.2, 0.25) is 0 Å². The van der Waals surface area contributed by atoms with E-state index in [1.54, 1.807) is 0 Å². The van der Waals surface area contributed by atoms with Gasteiger partial charge in [0.1, 0.15) is 11.4 Å². The summed E-state index contributed by atoms with van der Waals surface area (Å²) in [6, 6.07) is 20.8. The van der Waals surface area contributed by atoms with Crippen molar-refractivity contribution >= 4 is 11.4 Å². The molecule has 0 spiro atoms. The van der Waals surface area contributed by atoms with Crippen molar-refractivity contribution < 1.29 is 12.9 Å². The first-order chi connectivity index (χ1) is 8.74. The van der Waals surface area contributed by atoms with Gasteiger partial charge in [0.15, 0.2) is 0 Å². The van der Waals surface area contributed by atoms with Gasteiger partial charge in [-0.05, 0) is 11.1 Å². The van der Waals surface area contributed by atoms with Crippen LogP contribution in [0.3, 0.4) is 0 Å². The summed E-state index contributed by atoms with van der Waals surface area (Å²) in [5.74, 6) is 0. The molecule has 18 heavy (non-hydrogen) atoms. The maximum atomic E-state index is 9.31. The second-order valence-corrected chi connectivity index (χ2v) is 3.80. The van der Waals surface area contributed by atoms with Crippen molar-refractivity contribution in [1.82, 2.24) is 0 Å². The minimum absolute atomic E-state index is 0.836. The molecule has 2 aromatic carbocycles. The van der Waals surface area contributed by atoms with Crippen molar-refractivity contribution in [3.63, 3.8) is 0 Å². The Morgan fingerprint density at radius 2 is 1.33 bits per heavy atom. The van der Waals surface area contributed by atoms with Gasteiger partial charge < -0.3 is 8.74 Å². The molecule has 0 N–H and O–H groups in total. The quantitative estimate of drug-likeness (QED) is 0.629. The highest BCUT2D eigenvalue weighted by Gasteiger charge is 1.91. The summed E-state index contributed by atoms with van der Waals surface area (Å²) in [7, 11) is 0. The van der Waals surface area contributed by atoms with Crippen LogP contribution in [0, 0.1) is 0 Å². The predicted molar refractivity (Wildman–Crippen MR) is 72.1 cm³/mol. The van der Waals surface area contributed by atoms with Crippen molar-refractivity contribution in [3.8, 4) is 11.1 Å². The average molecular weight is 261 g/mol. The SMILES string of the molecule is C=COS(=O)[O-].c1ccc(-c2ccccc2)cc1. The van der Waals surface area contributed by atoms with Crippen LogP contribution in [-0.2, 0) is 15.5 Å². The van der Waals surface area contributed by atoms with E-state index in [9.17, 15) is 8.76 Å². The second kappa shape index (κ2) is 8.22. The summed E-state index contributed by atoms with van der Waals surface area (Å²) in [6.45, 7) is 2.99. The minimum Gasteiger partial charge on any atom is -0.740 e. The van der Waals surface area contributed by atoms with E-state index in [0.717, 1.165) is 6.26 Å². The van der Waals surface area contributed by atoms with Gasteiger partial charge in [0, 0.05) is 0 Å². The Balaban J connectivity index is 0.000000232. The van der Waals surface area contributed by atoms with Crippen LogP contribution < -0.4 is 0 Å². The fourth-order valence-electron chi connectivity index (χ4n) is 1.32. The van der Waals surface area contributed by atoms with E-state index in [1.165, 1.54) is 11.1 Å². The van der Waals surface area contributed by atoms with Crippen molar-refractivity contribution in [2.24, 2.45) is 0 Å². The molecule has 0 radical (unpaired) electrons. The summed E-state index contributed by atoms with van der Waals surface area (Å²) in [4.78, 5) is 0. The van der Waals surface area contributed by atoms with Crippen LogP contribution >= 0.6 is 0 Å². The van der Waals surface area contributed by atoms with E-state index >= 15 is 0 Å². The van der Waals surface area contributed by atoms with Gasteiger partial charge in [-0.25, -0.2) is 4.21 Å². The summed E-state index contributed by atoms with van der Waals surface area (Å²) in [5.41, 5.74) is 2.55. The third kappa shape index (κ3) is 5.43. The van der Waals surface area contributed by atoms with Crippen molar-refractivity contribution in [1.29, 1.82) is 0 Å². The Morgan fingerprint density at radius 3 is 1.56 bits per heavy atom. The van der Waals surface area contributed by atoms with Crippen LogP contribution in [0.5, 0.6) is 0 Å². The van der Waals surface area contributed by atoms with E-state index in [4.69, 9.17) is 0 Å². The first-order valence-corrected chi connectivity index (χ1v) is 6.22. The first-order valence-electron chi connectivity index (χ1n) is 5.22. The third-order valence-corrected chi connectivity index (χ3v) is 2.32. The Hall–Kier alpha value is -1.91. The molecule has 0 fully saturated rings. The largest absolute Gasteiger partial charge is 0.740 e. The maximum absolute atomic E-state index is 9.31. The molecule has 2 rings (SSSR count). The van der Waals surface area contributed by atoms with Crippen molar-refractivity contribution in [2.45, 2.75) is 0 Å². The Kier molecular flexibility index (Phi) is 6.46. The lowest BCUT2D eigenvalue weighted by atomic mass is 10.1. The van der Waals surface area contributed by atoms with Gasteiger partial charge in [-0.3, -0.25) is 0 Å². The molecule has 3 nitrogen and oxygen atoms in total. The van der Waals surface area contributed by atoms with Gasteiger partial charge in [0.25, 0.3) is 0 Å². The van der Waals surface area contributed by atoms with E-state index in [0.29, 0.717) is 0 Å². The lowest BCUT2D eigenvalue weighted by molar-refractivity contribution is 0.406. The van der Waals surface area contributed by atoms with Crippen LogP contribution in [0.2, 0.25) is 0 Å². The minimum atomic E-state index is -2.43. The molecule has 0 aliphatic rings. The van der Waals surface area contributed by atoms with E-state index in [2.05, 4.69) is 59.3 Å². The molecular weight excluding hydrogens is 248 g/mol. The number of hydrogen-bond donors (Lipinski definition) is 0. The molecule has 0 heterocycles. The van der Waals surface area contributed by atoms with Crippen molar-refractivity contribution in [2.75, 3.05) is 0 Å². The molecule has 0 amide bonds. The lowest BCUT2D eigenvalue weighted by Gasteiger charge is -1.98. The van der Waals surface area contributed by atoms with Crippen LogP contribution in [0.1, 0.15) is 0 Å². The molecule has 1 atom stereocenters. The summed E-state index contributed by atoms with van der Waals surface area (Å²) >= 11 is -2.43. The maximum Gasteiger partial charge on any atom is 0.138 e. The van der Waals surface area contributed by atoms with Crippen LogP contribution in [-0.4, -0.2) is 8.76 Å². The molecule has 1 unspecified atom stereocenters. The molecule has 0 saturated heterocycles. The third-order valence-electron chi connectivity index (χ3n) is 2.03. The normalized spacial score (nSPS) is 10.7. The van der Waals surface area contributed by atoms with Gasteiger partial charge in [-0.2, -0.15) is 0 Å². The summed E-state index contributed by atoms with van der Waals surface area (Å²) in [6.07, 6.45) is 0.836. The zero-order chi connectivity index (χ0) is 13.2. The van der Waals surface area contributed by atoms with Gasteiger partial charge in [-0.15, -0.1) is 0 Å². The molecule has 0 aliphatic heterocycles. The monoisotopic (exact) mass is 261 g/mol. The van der Waals surface area contributed by atoms with Gasteiger partial charge >= 0.3 is 0 Å². The number of hydrogen-bond acceptors (Lipinski definition) is 3. The molecule has 0 bridgehead atoms. The topological polar surface area (TPSA) is 49.4 Å². The smallest absolute Gasteiger partial charge is 0.138 e. The average Bonchev–Trinajstić information content (AvgIpc) is 2.41. The van der Waals surface area contributed by atoms with Crippen LogP contribution in [0.15, 0.2) is 73.5 Å². The Labute approximate surface area is 109 Å². The molecule has 0 aliphatic carbocycles. The molecule has 0 saturated carbocycles. The summed E-state index contributed by atoms with van der Waals surface area (Å²) < 4.78 is 22.3. The highest BCUT2D eigenvalue weighted by Crippen LogP contribution is 2.17. The zero-order valence-corrected chi connectivity index (χ0v) is 10.5. The second-order valence-electron chi connectivity index (χ2n) is 3.20. The number of rotatable bonds is 3. The highest BCUT2D eigenvalue weighted by atomic mass is 32.2. The molecule has 0 aromatic heterocycles. The fourth-order valence-corrected chi connectivity index (χ4v) is 1.43. The Bertz CT molecular complexity index is 445. The van der Waals surface area contributed by atoms with Gasteiger partial charge in [0.05, 0.1) is 6.26 Å². The van der Waals surface area contributed by atoms with E-state index in [-0.39, 0.29) is 0 Å². The highest BCUT2D eigenvalue weighted by molar-refractivity contribution is 7.74. The predicted octanol–water partition coefficient (Wildman–Crippen LogP) is 3.29. The van der Waals surface area contributed by atoms with Crippen molar-refractivity contribution in [3.05, 3.63) is 73.5 Å². The van der Waals surface area contributed by atoms with Crippen LogP contribution in [0.25, 0.3) is 11.1 Å². The molecular formula is C14H13O3S-. The Morgan fingerprint density at radius 1 is 0.944 bits per heavy atom. The van der Waals surface area contributed by atoms with Crippen LogP contribution in [0.4, 0.5) is 0 Å². The first kappa shape index (κ1) is 14.2. The standard InChI is InChI=1S/C12H10.C2H4O3S/c1-3-7-11(8-4-1)12-9-5-2-6-10-12;1-2-5-6(3)4/h1-10H;2H,1H2,(H,3,4)/p-1. The molecule has 94 valence electrons. The van der Waals surface area contributed by atoms with E-state index < -0.39 is 11.4 Å². The van der Waals surface area contributed by atoms with Gasteiger partial charge in [-0.1, -0.05) is 67.2 Å². The van der Waals surface area contributed by atoms with E-state index in [1.807, 2.05) is 12.1 Å². The molecule has 2 aromatic rings. The zero-order valence-electron chi connectivity index (χ0n) is 9.69. The fraction of sp³-hybridized carbons (Fsp3) is 0. The number of benzene rings is 2. The molecule has 4 heteroatoms. The lowest BCUT2D eigenvalue weighted by Crippen LogP contribution is -1.84. The summed E-state index contributed by atoms with van der Waals surface area (Å²) in [5, 5.41) is 0.